The topological polar surface area (TPSA) is 73.0 Å². The summed E-state index contributed by atoms with van der Waals surface area (Å²) in [6.07, 6.45) is 3.59. The van der Waals surface area contributed by atoms with Gasteiger partial charge in [-0.25, -0.2) is 13.4 Å². The van der Waals surface area contributed by atoms with E-state index in [4.69, 9.17) is 0 Å². The van der Waals surface area contributed by atoms with Crippen molar-refractivity contribution in [3.63, 3.8) is 0 Å². The Morgan fingerprint density at radius 3 is 2.33 bits per heavy atom. The average molecular weight is 428 g/mol. The highest BCUT2D eigenvalue weighted by Gasteiger charge is 2.33. The summed E-state index contributed by atoms with van der Waals surface area (Å²) in [5, 5.41) is 4.29. The Morgan fingerprint density at radius 2 is 1.73 bits per heavy atom. The summed E-state index contributed by atoms with van der Waals surface area (Å²) in [5.74, 6) is 1.40. The molecule has 1 aliphatic heterocycles. The SMILES string of the molecule is Cc1nn(C)c(C)c1S(=O)(=O)N1CCC(Cn2c(C)cnc2-c2ccccc2)CC1. The van der Waals surface area contributed by atoms with Crippen LogP contribution in [-0.2, 0) is 23.6 Å². The van der Waals surface area contributed by atoms with E-state index in [9.17, 15) is 8.42 Å². The maximum absolute atomic E-state index is 13.2. The van der Waals surface area contributed by atoms with E-state index in [-0.39, 0.29) is 0 Å². The average Bonchev–Trinajstić information content (AvgIpc) is 3.21. The first-order valence-corrected chi connectivity index (χ1v) is 11.8. The second-order valence-corrected chi connectivity index (χ2v) is 10.0. The molecule has 160 valence electrons. The van der Waals surface area contributed by atoms with Gasteiger partial charge in [-0.1, -0.05) is 30.3 Å². The van der Waals surface area contributed by atoms with Crippen LogP contribution in [0.1, 0.15) is 29.9 Å². The van der Waals surface area contributed by atoms with Gasteiger partial charge < -0.3 is 4.57 Å². The number of imidazole rings is 1. The molecule has 1 saturated heterocycles. The van der Waals surface area contributed by atoms with E-state index >= 15 is 0 Å². The van der Waals surface area contributed by atoms with Crippen molar-refractivity contribution in [3.8, 4) is 11.4 Å². The molecule has 0 amide bonds. The first kappa shape index (κ1) is 20.8. The normalized spacial score (nSPS) is 16.3. The summed E-state index contributed by atoms with van der Waals surface area (Å²) in [5.41, 5.74) is 3.49. The van der Waals surface area contributed by atoms with Gasteiger partial charge in [0, 0.05) is 44.1 Å². The molecule has 7 nitrogen and oxygen atoms in total. The first-order valence-electron chi connectivity index (χ1n) is 10.4. The monoisotopic (exact) mass is 427 g/mol. The zero-order valence-electron chi connectivity index (χ0n) is 18.0. The second kappa shape index (κ2) is 8.00. The van der Waals surface area contributed by atoms with E-state index < -0.39 is 10.0 Å². The Hall–Kier alpha value is -2.45. The summed E-state index contributed by atoms with van der Waals surface area (Å²) < 4.78 is 32.0. The van der Waals surface area contributed by atoms with Gasteiger partial charge in [-0.05, 0) is 39.5 Å². The van der Waals surface area contributed by atoms with Crippen LogP contribution in [0.5, 0.6) is 0 Å². The predicted octanol–water partition coefficient (Wildman–Crippen LogP) is 3.31. The van der Waals surface area contributed by atoms with E-state index in [0.29, 0.717) is 35.3 Å². The molecule has 30 heavy (non-hydrogen) atoms. The van der Waals surface area contributed by atoms with Crippen LogP contribution < -0.4 is 0 Å². The third-order valence-corrected chi connectivity index (χ3v) is 8.29. The molecule has 0 radical (unpaired) electrons. The van der Waals surface area contributed by atoms with Crippen LogP contribution in [0.2, 0.25) is 0 Å². The standard InChI is InChI=1S/C22H29N5O2S/c1-16-14-23-22(20-8-6-5-7-9-20)27(16)15-19-10-12-26(13-11-19)30(28,29)21-17(2)24-25(4)18(21)3/h5-9,14,19H,10-13,15H2,1-4H3. The molecule has 0 N–H and O–H groups in total. The fourth-order valence-electron chi connectivity index (χ4n) is 4.36. The number of nitrogens with zero attached hydrogens (tertiary/aromatic N) is 5. The van der Waals surface area contributed by atoms with Crippen LogP contribution >= 0.6 is 0 Å². The summed E-state index contributed by atoms with van der Waals surface area (Å²) >= 11 is 0. The fourth-order valence-corrected chi connectivity index (χ4v) is 6.23. The van der Waals surface area contributed by atoms with Gasteiger partial charge >= 0.3 is 0 Å². The number of piperidine rings is 1. The minimum Gasteiger partial charge on any atom is -0.328 e. The molecule has 0 spiro atoms. The molecular formula is C22H29N5O2S. The van der Waals surface area contributed by atoms with Gasteiger partial charge in [0.2, 0.25) is 10.0 Å². The van der Waals surface area contributed by atoms with Crippen molar-refractivity contribution in [2.45, 2.75) is 45.1 Å². The molecule has 1 fully saturated rings. The van der Waals surface area contributed by atoms with Crippen molar-refractivity contribution in [2.75, 3.05) is 13.1 Å². The van der Waals surface area contributed by atoms with E-state index in [0.717, 1.165) is 36.5 Å². The zero-order valence-corrected chi connectivity index (χ0v) is 18.9. The fraction of sp³-hybridized carbons (Fsp3) is 0.455. The molecule has 4 rings (SSSR count). The Kier molecular flexibility index (Phi) is 5.55. The Morgan fingerprint density at radius 1 is 1.07 bits per heavy atom. The van der Waals surface area contributed by atoms with Crippen molar-refractivity contribution in [1.82, 2.24) is 23.6 Å². The predicted molar refractivity (Wildman–Crippen MR) is 117 cm³/mol. The maximum Gasteiger partial charge on any atom is 0.246 e. The third-order valence-electron chi connectivity index (χ3n) is 6.14. The molecule has 2 aromatic heterocycles. The van der Waals surface area contributed by atoms with Crippen molar-refractivity contribution in [1.29, 1.82) is 0 Å². The smallest absolute Gasteiger partial charge is 0.246 e. The van der Waals surface area contributed by atoms with E-state index in [1.165, 1.54) is 0 Å². The molecule has 0 atom stereocenters. The summed E-state index contributed by atoms with van der Waals surface area (Å²) in [6.45, 7) is 7.58. The lowest BCUT2D eigenvalue weighted by Crippen LogP contribution is -2.39. The number of aromatic nitrogens is 4. The van der Waals surface area contributed by atoms with E-state index in [1.54, 1.807) is 23.0 Å². The van der Waals surface area contributed by atoms with Crippen LogP contribution in [0.4, 0.5) is 0 Å². The molecule has 3 aromatic rings. The highest BCUT2D eigenvalue weighted by atomic mass is 32.2. The molecule has 3 heterocycles. The Labute approximate surface area is 178 Å². The van der Waals surface area contributed by atoms with Gasteiger partial charge in [0.1, 0.15) is 10.7 Å². The maximum atomic E-state index is 13.2. The number of sulfonamides is 1. The quantitative estimate of drug-likeness (QED) is 0.626. The van der Waals surface area contributed by atoms with Gasteiger partial charge in [0.05, 0.1) is 11.4 Å². The molecule has 0 saturated carbocycles. The van der Waals surface area contributed by atoms with Crippen LogP contribution in [0.15, 0.2) is 41.4 Å². The van der Waals surface area contributed by atoms with Gasteiger partial charge in [-0.15, -0.1) is 0 Å². The van der Waals surface area contributed by atoms with Gasteiger partial charge in [0.15, 0.2) is 0 Å². The molecule has 0 unspecified atom stereocenters. The summed E-state index contributed by atoms with van der Waals surface area (Å²) in [7, 11) is -1.73. The van der Waals surface area contributed by atoms with Crippen molar-refractivity contribution < 1.29 is 8.42 Å². The first-order chi connectivity index (χ1) is 14.3. The van der Waals surface area contributed by atoms with Crippen LogP contribution in [-0.4, -0.2) is 45.1 Å². The summed E-state index contributed by atoms with van der Waals surface area (Å²) in [4.78, 5) is 4.98. The summed E-state index contributed by atoms with van der Waals surface area (Å²) in [6, 6.07) is 10.2. The molecule has 0 bridgehead atoms. The van der Waals surface area contributed by atoms with Crippen molar-refractivity contribution in [2.24, 2.45) is 13.0 Å². The molecular weight excluding hydrogens is 398 g/mol. The lowest BCUT2D eigenvalue weighted by molar-refractivity contribution is 0.252. The van der Waals surface area contributed by atoms with Crippen LogP contribution in [0, 0.1) is 26.7 Å². The number of aryl methyl sites for hydroxylation is 3. The molecule has 1 aliphatic rings. The molecule has 0 aliphatic carbocycles. The van der Waals surface area contributed by atoms with Crippen LogP contribution in [0.25, 0.3) is 11.4 Å². The molecule has 8 heteroatoms. The minimum absolute atomic E-state index is 0.361. The van der Waals surface area contributed by atoms with Gasteiger partial charge in [0.25, 0.3) is 0 Å². The zero-order chi connectivity index (χ0) is 21.5. The second-order valence-electron chi connectivity index (χ2n) is 8.17. The number of hydrogen-bond acceptors (Lipinski definition) is 4. The number of rotatable bonds is 5. The van der Waals surface area contributed by atoms with E-state index in [2.05, 4.69) is 33.7 Å². The minimum atomic E-state index is -3.52. The van der Waals surface area contributed by atoms with Crippen LogP contribution in [0.3, 0.4) is 0 Å². The lowest BCUT2D eigenvalue weighted by atomic mass is 9.98. The van der Waals surface area contributed by atoms with E-state index in [1.807, 2.05) is 31.3 Å². The van der Waals surface area contributed by atoms with Gasteiger partial charge in [-0.3, -0.25) is 4.68 Å². The Bertz CT molecular complexity index is 1140. The van der Waals surface area contributed by atoms with Crippen molar-refractivity contribution >= 4 is 10.0 Å². The largest absolute Gasteiger partial charge is 0.328 e. The number of benzene rings is 1. The number of hydrogen-bond donors (Lipinski definition) is 0. The lowest BCUT2D eigenvalue weighted by Gasteiger charge is -2.32. The molecule has 1 aromatic carbocycles. The Balaban J connectivity index is 1.48. The van der Waals surface area contributed by atoms with Gasteiger partial charge in [-0.2, -0.15) is 9.40 Å². The highest BCUT2D eigenvalue weighted by molar-refractivity contribution is 7.89. The highest BCUT2D eigenvalue weighted by Crippen LogP contribution is 2.29. The van der Waals surface area contributed by atoms with Crippen molar-refractivity contribution in [3.05, 3.63) is 53.6 Å². The third kappa shape index (κ3) is 3.70.